The van der Waals surface area contributed by atoms with Crippen LogP contribution in [0.15, 0.2) is 28.7 Å². The fourth-order valence-corrected chi connectivity index (χ4v) is 3.06. The lowest BCUT2D eigenvalue weighted by molar-refractivity contribution is 0.0836. The number of Topliss-reactive ketones (excluding diaryl/α,β-unsaturated/α-hetero) is 1. The molecule has 1 aromatic carbocycles. The molecule has 1 fully saturated rings. The van der Waals surface area contributed by atoms with Gasteiger partial charge in [0.05, 0.1) is 10.6 Å². The largest absolute Gasteiger partial charge is 0.451 e. The highest BCUT2D eigenvalue weighted by Gasteiger charge is 2.41. The molecule has 1 aliphatic rings. The van der Waals surface area contributed by atoms with Crippen molar-refractivity contribution in [1.29, 1.82) is 0 Å². The van der Waals surface area contributed by atoms with Gasteiger partial charge in [-0.2, -0.15) is 0 Å². The van der Waals surface area contributed by atoms with E-state index in [4.69, 9.17) is 16.0 Å². The summed E-state index contributed by atoms with van der Waals surface area (Å²) in [5.41, 5.74) is 0.136. The number of fused-ring (bicyclic) bond motifs is 1. The standard InChI is InChI=1S/C15H16ClNO2/c1-2-15(7-4-8-17-15)14(18)12-9-10-5-3-6-11(16)13(10)19-12/h3,5-6,9,17H,2,4,7-8H2,1H3. The van der Waals surface area contributed by atoms with Crippen LogP contribution < -0.4 is 5.32 Å². The van der Waals surface area contributed by atoms with Crippen LogP contribution in [0, 0.1) is 0 Å². The van der Waals surface area contributed by atoms with Gasteiger partial charge in [0, 0.05) is 5.39 Å². The fraction of sp³-hybridized carbons (Fsp3) is 0.400. The highest BCUT2D eigenvalue weighted by molar-refractivity contribution is 6.34. The van der Waals surface area contributed by atoms with Crippen LogP contribution in [-0.4, -0.2) is 17.9 Å². The number of para-hydroxylation sites is 1. The van der Waals surface area contributed by atoms with Crippen LogP contribution >= 0.6 is 11.6 Å². The van der Waals surface area contributed by atoms with E-state index in [1.165, 1.54) is 0 Å². The summed E-state index contributed by atoms with van der Waals surface area (Å²) in [5, 5.41) is 4.75. The van der Waals surface area contributed by atoms with Crippen LogP contribution in [0.3, 0.4) is 0 Å². The van der Waals surface area contributed by atoms with Gasteiger partial charge in [-0.25, -0.2) is 0 Å². The Morgan fingerprint density at radius 2 is 2.37 bits per heavy atom. The number of carbonyl (C=O) groups is 1. The van der Waals surface area contributed by atoms with Crippen molar-refractivity contribution < 1.29 is 9.21 Å². The Labute approximate surface area is 116 Å². The molecule has 1 aromatic heterocycles. The molecule has 1 atom stereocenters. The molecule has 0 spiro atoms. The first-order chi connectivity index (χ1) is 9.16. The molecule has 0 saturated carbocycles. The maximum absolute atomic E-state index is 12.7. The van der Waals surface area contributed by atoms with Gasteiger partial charge in [-0.3, -0.25) is 4.79 Å². The lowest BCUT2D eigenvalue weighted by atomic mass is 9.88. The normalized spacial score (nSPS) is 23.1. The van der Waals surface area contributed by atoms with Crippen molar-refractivity contribution in [2.75, 3.05) is 6.54 Å². The Kier molecular flexibility index (Phi) is 3.11. The van der Waals surface area contributed by atoms with Crippen LogP contribution in [0.5, 0.6) is 0 Å². The maximum Gasteiger partial charge on any atom is 0.217 e. The Bertz CT molecular complexity index is 626. The summed E-state index contributed by atoms with van der Waals surface area (Å²) in [6.45, 7) is 2.92. The minimum Gasteiger partial charge on any atom is -0.451 e. The third-order valence-corrected chi connectivity index (χ3v) is 4.30. The van der Waals surface area contributed by atoms with Crippen molar-refractivity contribution in [2.24, 2.45) is 0 Å². The molecular formula is C15H16ClNO2. The Morgan fingerprint density at radius 1 is 1.53 bits per heavy atom. The molecule has 0 radical (unpaired) electrons. The molecule has 100 valence electrons. The van der Waals surface area contributed by atoms with E-state index in [2.05, 4.69) is 5.32 Å². The summed E-state index contributed by atoms with van der Waals surface area (Å²) < 4.78 is 5.68. The number of nitrogens with one attached hydrogen (secondary N) is 1. The van der Waals surface area contributed by atoms with Crippen molar-refractivity contribution in [2.45, 2.75) is 31.7 Å². The zero-order valence-corrected chi connectivity index (χ0v) is 11.6. The predicted octanol–water partition coefficient (Wildman–Crippen LogP) is 3.80. The molecule has 2 heterocycles. The van der Waals surface area contributed by atoms with E-state index in [-0.39, 0.29) is 5.78 Å². The molecule has 3 rings (SSSR count). The number of hydrogen-bond acceptors (Lipinski definition) is 3. The van der Waals surface area contributed by atoms with Gasteiger partial charge in [0.2, 0.25) is 5.78 Å². The van der Waals surface area contributed by atoms with Crippen molar-refractivity contribution in [3.05, 3.63) is 35.0 Å². The van der Waals surface area contributed by atoms with Gasteiger partial charge < -0.3 is 9.73 Å². The number of ketones is 1. The van der Waals surface area contributed by atoms with Crippen molar-refractivity contribution in [1.82, 2.24) is 5.32 Å². The summed E-state index contributed by atoms with van der Waals surface area (Å²) in [6.07, 6.45) is 2.67. The molecule has 1 aliphatic heterocycles. The molecule has 4 heteroatoms. The first kappa shape index (κ1) is 12.7. The van der Waals surface area contributed by atoms with Crippen LogP contribution in [-0.2, 0) is 0 Å². The van der Waals surface area contributed by atoms with E-state index in [9.17, 15) is 4.79 Å². The quantitative estimate of drug-likeness (QED) is 0.868. The average molecular weight is 278 g/mol. The molecule has 3 nitrogen and oxygen atoms in total. The monoisotopic (exact) mass is 277 g/mol. The van der Waals surface area contributed by atoms with Gasteiger partial charge in [0.15, 0.2) is 11.3 Å². The molecule has 1 saturated heterocycles. The summed E-state index contributed by atoms with van der Waals surface area (Å²) >= 11 is 6.08. The van der Waals surface area contributed by atoms with E-state index < -0.39 is 5.54 Å². The molecular weight excluding hydrogens is 262 g/mol. The topological polar surface area (TPSA) is 42.2 Å². The number of benzene rings is 1. The molecule has 0 bridgehead atoms. The van der Waals surface area contributed by atoms with Crippen LogP contribution in [0.2, 0.25) is 5.02 Å². The average Bonchev–Trinajstić information content (AvgIpc) is 3.06. The van der Waals surface area contributed by atoms with E-state index in [1.54, 1.807) is 12.1 Å². The summed E-state index contributed by atoms with van der Waals surface area (Å²) in [7, 11) is 0. The smallest absolute Gasteiger partial charge is 0.217 e. The zero-order chi connectivity index (χ0) is 13.5. The maximum atomic E-state index is 12.7. The minimum atomic E-state index is -0.458. The van der Waals surface area contributed by atoms with Crippen LogP contribution in [0.4, 0.5) is 0 Å². The highest BCUT2D eigenvalue weighted by atomic mass is 35.5. The lowest BCUT2D eigenvalue weighted by Gasteiger charge is -2.24. The van der Waals surface area contributed by atoms with E-state index >= 15 is 0 Å². The predicted molar refractivity (Wildman–Crippen MR) is 75.8 cm³/mol. The summed E-state index contributed by atoms with van der Waals surface area (Å²) in [5.74, 6) is 0.444. The Hall–Kier alpha value is -1.32. The third-order valence-electron chi connectivity index (χ3n) is 4.00. The van der Waals surface area contributed by atoms with Crippen molar-refractivity contribution in [3.8, 4) is 0 Å². The second kappa shape index (κ2) is 4.66. The van der Waals surface area contributed by atoms with Gasteiger partial charge in [-0.05, 0) is 37.9 Å². The number of furan rings is 1. The summed E-state index contributed by atoms with van der Waals surface area (Å²) in [4.78, 5) is 12.7. The second-order valence-electron chi connectivity index (χ2n) is 5.06. The molecule has 1 N–H and O–H groups in total. The van der Waals surface area contributed by atoms with E-state index in [0.29, 0.717) is 16.4 Å². The van der Waals surface area contributed by atoms with E-state index in [0.717, 1.165) is 31.2 Å². The summed E-state index contributed by atoms with van der Waals surface area (Å²) in [6, 6.07) is 7.33. The molecule has 0 aliphatic carbocycles. The van der Waals surface area contributed by atoms with E-state index in [1.807, 2.05) is 19.1 Å². The van der Waals surface area contributed by atoms with Gasteiger partial charge in [0.25, 0.3) is 0 Å². The first-order valence-electron chi connectivity index (χ1n) is 6.64. The molecule has 19 heavy (non-hydrogen) atoms. The Balaban J connectivity index is 2.04. The molecule has 2 aromatic rings. The Morgan fingerprint density at radius 3 is 3.00 bits per heavy atom. The van der Waals surface area contributed by atoms with Crippen LogP contribution in [0.25, 0.3) is 11.0 Å². The van der Waals surface area contributed by atoms with Gasteiger partial charge in [-0.15, -0.1) is 0 Å². The minimum absolute atomic E-state index is 0.0415. The second-order valence-corrected chi connectivity index (χ2v) is 5.47. The van der Waals surface area contributed by atoms with Gasteiger partial charge in [-0.1, -0.05) is 30.7 Å². The van der Waals surface area contributed by atoms with Crippen LogP contribution in [0.1, 0.15) is 36.7 Å². The number of carbonyl (C=O) groups excluding carboxylic acids is 1. The fourth-order valence-electron chi connectivity index (χ4n) is 2.84. The molecule has 0 amide bonds. The highest BCUT2D eigenvalue weighted by Crippen LogP contribution is 2.32. The number of halogens is 1. The molecule has 1 unspecified atom stereocenters. The first-order valence-corrected chi connectivity index (χ1v) is 7.02. The SMILES string of the molecule is CCC1(C(=O)c2cc3cccc(Cl)c3o2)CCCN1. The van der Waals surface area contributed by atoms with Crippen molar-refractivity contribution in [3.63, 3.8) is 0 Å². The zero-order valence-electron chi connectivity index (χ0n) is 10.8. The number of hydrogen-bond donors (Lipinski definition) is 1. The third kappa shape index (κ3) is 1.97. The number of rotatable bonds is 3. The van der Waals surface area contributed by atoms with Crippen molar-refractivity contribution >= 4 is 28.4 Å². The van der Waals surface area contributed by atoms with Gasteiger partial charge >= 0.3 is 0 Å². The van der Waals surface area contributed by atoms with Gasteiger partial charge in [0.1, 0.15) is 0 Å². The lowest BCUT2D eigenvalue weighted by Crippen LogP contribution is -2.46.